The fraction of sp³-hybridized carbons (Fsp3) is 0.242. The molecule has 0 unspecified atom stereocenters. The predicted octanol–water partition coefficient (Wildman–Crippen LogP) is 6.33. The summed E-state index contributed by atoms with van der Waals surface area (Å²) in [5, 5.41) is 5.44. The lowest BCUT2D eigenvalue weighted by molar-refractivity contribution is -0.138. The number of nitrogens with zero attached hydrogens (tertiary/aromatic N) is 3. The van der Waals surface area contributed by atoms with Crippen molar-refractivity contribution in [1.82, 2.24) is 14.8 Å². The summed E-state index contributed by atoms with van der Waals surface area (Å²) in [4.78, 5) is 34.5. The number of hydrogen-bond donors (Lipinski definition) is 2. The Labute approximate surface area is 248 Å². The zero-order valence-corrected chi connectivity index (χ0v) is 23.9. The normalized spacial score (nSPS) is 14.3. The van der Waals surface area contributed by atoms with Crippen LogP contribution in [0.25, 0.3) is 11.1 Å². The van der Waals surface area contributed by atoms with E-state index in [1.54, 1.807) is 49.6 Å². The summed E-state index contributed by atoms with van der Waals surface area (Å²) in [6, 6.07) is 19.5. The van der Waals surface area contributed by atoms with Gasteiger partial charge in [-0.05, 0) is 73.1 Å². The van der Waals surface area contributed by atoms with Gasteiger partial charge in [-0.25, -0.2) is 0 Å². The van der Waals surface area contributed by atoms with Crippen LogP contribution in [-0.4, -0.2) is 59.8 Å². The minimum Gasteiger partial charge on any atom is -0.322 e. The maximum absolute atomic E-state index is 14.0. The largest absolute Gasteiger partial charge is 0.416 e. The van der Waals surface area contributed by atoms with Crippen molar-refractivity contribution in [3.05, 3.63) is 113 Å². The van der Waals surface area contributed by atoms with Crippen molar-refractivity contribution in [2.45, 2.75) is 19.6 Å². The third-order valence-electron chi connectivity index (χ3n) is 7.53. The highest BCUT2D eigenvalue weighted by Crippen LogP contribution is 2.35. The van der Waals surface area contributed by atoms with Gasteiger partial charge in [0, 0.05) is 73.2 Å². The van der Waals surface area contributed by atoms with Crippen LogP contribution in [0.15, 0.2) is 85.2 Å². The Balaban J connectivity index is 1.31. The average Bonchev–Trinajstić information content (AvgIpc) is 3.00. The van der Waals surface area contributed by atoms with Gasteiger partial charge < -0.3 is 15.5 Å². The molecule has 0 radical (unpaired) electrons. The van der Waals surface area contributed by atoms with Crippen molar-refractivity contribution in [3.63, 3.8) is 0 Å². The number of likely N-dealkylation sites (N-methyl/N-ethyl adjacent to an activating group) is 1. The van der Waals surface area contributed by atoms with Gasteiger partial charge in [-0.3, -0.25) is 19.5 Å². The van der Waals surface area contributed by atoms with E-state index < -0.39 is 17.6 Å². The van der Waals surface area contributed by atoms with Gasteiger partial charge in [-0.15, -0.1) is 0 Å². The van der Waals surface area contributed by atoms with Gasteiger partial charge in [0.15, 0.2) is 0 Å². The molecular formula is C33H32F3N5O2. The van der Waals surface area contributed by atoms with Gasteiger partial charge in [0.1, 0.15) is 0 Å². The standard InChI is InChI=1S/C33H32F3N5O2/c1-22-8-9-25(18-30(22)39-32(43)24-6-3-5-23(17-24)26-7-4-12-37-20-26)31(42)38-28-11-10-27(29(19-28)33(34,35)36)21-41-15-13-40(2)14-16-41/h3-12,17-20H,13-16,21H2,1-2H3,(H,38,42)(H,39,43). The molecule has 0 aliphatic carbocycles. The van der Waals surface area contributed by atoms with E-state index in [1.165, 1.54) is 18.2 Å². The highest BCUT2D eigenvalue weighted by molar-refractivity contribution is 6.08. The summed E-state index contributed by atoms with van der Waals surface area (Å²) in [5.41, 5.74) is 2.90. The molecule has 4 aromatic rings. The number of carbonyl (C=O) groups is 2. The van der Waals surface area contributed by atoms with Gasteiger partial charge >= 0.3 is 6.18 Å². The van der Waals surface area contributed by atoms with Crippen LogP contribution in [-0.2, 0) is 12.7 Å². The van der Waals surface area contributed by atoms with Crippen LogP contribution >= 0.6 is 0 Å². The fourth-order valence-corrected chi connectivity index (χ4v) is 4.97. The molecule has 2 heterocycles. The van der Waals surface area contributed by atoms with Gasteiger partial charge in [-0.1, -0.05) is 30.3 Å². The Morgan fingerprint density at radius 1 is 0.837 bits per heavy atom. The van der Waals surface area contributed by atoms with E-state index in [4.69, 9.17) is 0 Å². The molecule has 0 saturated carbocycles. The maximum atomic E-state index is 14.0. The second-order valence-corrected chi connectivity index (χ2v) is 10.7. The number of rotatable bonds is 7. The Hall–Kier alpha value is -4.54. The van der Waals surface area contributed by atoms with Gasteiger partial charge in [0.05, 0.1) is 5.56 Å². The lowest BCUT2D eigenvalue weighted by Gasteiger charge is -2.33. The van der Waals surface area contributed by atoms with Crippen molar-refractivity contribution in [3.8, 4) is 11.1 Å². The second kappa shape index (κ2) is 12.8. The maximum Gasteiger partial charge on any atom is 0.416 e. The second-order valence-electron chi connectivity index (χ2n) is 10.7. The van der Waals surface area contributed by atoms with Crippen molar-refractivity contribution in [1.29, 1.82) is 0 Å². The number of benzene rings is 3. The average molecular weight is 588 g/mol. The smallest absolute Gasteiger partial charge is 0.322 e. The van der Waals surface area contributed by atoms with Crippen LogP contribution in [0.3, 0.4) is 0 Å². The number of pyridine rings is 1. The molecule has 2 N–H and O–H groups in total. The van der Waals surface area contributed by atoms with Crippen LogP contribution in [0.5, 0.6) is 0 Å². The van der Waals surface area contributed by atoms with Crippen molar-refractivity contribution in [2.24, 2.45) is 0 Å². The van der Waals surface area contributed by atoms with Gasteiger partial charge in [0.25, 0.3) is 11.8 Å². The first-order chi connectivity index (χ1) is 20.6. The number of halogens is 3. The molecule has 1 aliphatic rings. The number of nitrogens with one attached hydrogen (secondary N) is 2. The molecule has 5 rings (SSSR count). The SMILES string of the molecule is Cc1ccc(C(=O)Nc2ccc(CN3CCN(C)CC3)c(C(F)(F)F)c2)cc1NC(=O)c1cccc(-c2cccnc2)c1. The van der Waals surface area contributed by atoms with Crippen molar-refractivity contribution >= 4 is 23.2 Å². The van der Waals surface area contributed by atoms with Crippen LogP contribution in [0, 0.1) is 6.92 Å². The predicted molar refractivity (Wildman–Crippen MR) is 161 cm³/mol. The molecule has 43 heavy (non-hydrogen) atoms. The van der Waals surface area contributed by atoms with E-state index in [0.717, 1.165) is 35.8 Å². The first kappa shape index (κ1) is 29.9. The van der Waals surface area contributed by atoms with Crippen LogP contribution < -0.4 is 10.6 Å². The van der Waals surface area contributed by atoms with Crippen molar-refractivity contribution in [2.75, 3.05) is 43.9 Å². The minimum absolute atomic E-state index is 0.0397. The molecule has 3 aromatic carbocycles. The number of carbonyl (C=O) groups excluding carboxylic acids is 2. The molecule has 0 spiro atoms. The number of aromatic nitrogens is 1. The third-order valence-corrected chi connectivity index (χ3v) is 7.53. The summed E-state index contributed by atoms with van der Waals surface area (Å²) in [6.45, 7) is 4.95. The summed E-state index contributed by atoms with van der Waals surface area (Å²) < 4.78 is 42.0. The molecule has 0 atom stereocenters. The third kappa shape index (κ3) is 7.46. The summed E-state index contributed by atoms with van der Waals surface area (Å²) in [5.74, 6) is -0.953. The topological polar surface area (TPSA) is 77.6 Å². The monoisotopic (exact) mass is 587 g/mol. The summed E-state index contributed by atoms with van der Waals surface area (Å²) in [7, 11) is 1.99. The molecule has 10 heteroatoms. The summed E-state index contributed by atoms with van der Waals surface area (Å²) >= 11 is 0. The molecule has 222 valence electrons. The summed E-state index contributed by atoms with van der Waals surface area (Å²) in [6.07, 6.45) is -1.19. The first-order valence-electron chi connectivity index (χ1n) is 13.9. The van der Waals surface area contributed by atoms with E-state index in [-0.39, 0.29) is 29.3 Å². The van der Waals surface area contributed by atoms with Gasteiger partial charge in [-0.2, -0.15) is 13.2 Å². The molecular weight excluding hydrogens is 555 g/mol. The Kier molecular flexibility index (Phi) is 8.89. The lowest BCUT2D eigenvalue weighted by atomic mass is 10.0. The highest BCUT2D eigenvalue weighted by atomic mass is 19.4. The van der Waals surface area contributed by atoms with E-state index in [0.29, 0.717) is 24.3 Å². The Bertz CT molecular complexity index is 1620. The number of piperazine rings is 1. The molecule has 1 fully saturated rings. The number of alkyl halides is 3. The van der Waals surface area contributed by atoms with Crippen LogP contribution in [0.1, 0.15) is 37.4 Å². The van der Waals surface area contributed by atoms with Crippen LogP contribution in [0.2, 0.25) is 0 Å². The molecule has 1 aromatic heterocycles. The number of hydrogen-bond acceptors (Lipinski definition) is 5. The quantitative estimate of drug-likeness (QED) is 0.264. The zero-order valence-electron chi connectivity index (χ0n) is 23.9. The molecule has 0 bridgehead atoms. The first-order valence-corrected chi connectivity index (χ1v) is 13.9. The van der Waals surface area contributed by atoms with Crippen LogP contribution in [0.4, 0.5) is 24.5 Å². The van der Waals surface area contributed by atoms with E-state index in [2.05, 4.69) is 20.5 Å². The number of anilines is 2. The Morgan fingerprint density at radius 2 is 1.56 bits per heavy atom. The van der Waals surface area contributed by atoms with Gasteiger partial charge in [0.2, 0.25) is 0 Å². The molecule has 1 aliphatic heterocycles. The highest BCUT2D eigenvalue weighted by Gasteiger charge is 2.34. The van der Waals surface area contributed by atoms with E-state index >= 15 is 0 Å². The zero-order chi connectivity index (χ0) is 30.6. The Morgan fingerprint density at radius 3 is 2.28 bits per heavy atom. The number of amides is 2. The fourth-order valence-electron chi connectivity index (χ4n) is 4.97. The lowest BCUT2D eigenvalue weighted by Crippen LogP contribution is -2.44. The van der Waals surface area contributed by atoms with E-state index in [9.17, 15) is 22.8 Å². The molecule has 1 saturated heterocycles. The molecule has 7 nitrogen and oxygen atoms in total. The minimum atomic E-state index is -4.57. The van der Waals surface area contributed by atoms with Crippen molar-refractivity contribution < 1.29 is 22.8 Å². The van der Waals surface area contributed by atoms with E-state index in [1.807, 2.05) is 30.1 Å². The number of aryl methyl sites for hydroxylation is 1. The molecule has 2 amide bonds.